The van der Waals surface area contributed by atoms with Crippen LogP contribution in [0, 0.1) is 0 Å². The molecule has 2 atom stereocenters. The van der Waals surface area contributed by atoms with Gasteiger partial charge in [0.25, 0.3) is 0 Å². The highest BCUT2D eigenvalue weighted by Crippen LogP contribution is 2.39. The van der Waals surface area contributed by atoms with Crippen LogP contribution in [0.25, 0.3) is 0 Å². The van der Waals surface area contributed by atoms with Gasteiger partial charge in [0, 0.05) is 6.08 Å². The number of esters is 1. The summed E-state index contributed by atoms with van der Waals surface area (Å²) >= 11 is 0. The Morgan fingerprint density at radius 3 is 2.80 bits per heavy atom. The van der Waals surface area contributed by atoms with E-state index in [0.717, 1.165) is 5.56 Å². The second-order valence-electron chi connectivity index (χ2n) is 3.31. The highest BCUT2D eigenvalue weighted by Gasteiger charge is 2.37. The van der Waals surface area contributed by atoms with Crippen molar-refractivity contribution in [2.24, 2.45) is 0 Å². The van der Waals surface area contributed by atoms with Gasteiger partial charge in [-0.05, 0) is 11.6 Å². The van der Waals surface area contributed by atoms with Crippen molar-refractivity contribution in [3.05, 3.63) is 48.0 Å². The van der Waals surface area contributed by atoms with E-state index in [4.69, 9.17) is 4.74 Å². The molecule has 0 bridgehead atoms. The van der Waals surface area contributed by atoms with Crippen molar-refractivity contribution in [2.75, 3.05) is 7.11 Å². The second kappa shape index (κ2) is 4.28. The monoisotopic (exact) mass is 204 g/mol. The highest BCUT2D eigenvalue weighted by molar-refractivity contribution is 5.81. The average molecular weight is 204 g/mol. The topological polar surface area (TPSA) is 38.8 Å². The van der Waals surface area contributed by atoms with Gasteiger partial charge in [-0.1, -0.05) is 30.3 Å². The van der Waals surface area contributed by atoms with Crippen LogP contribution in [0.2, 0.25) is 0 Å². The molecule has 1 heterocycles. The normalized spacial score (nSPS) is 24.1. The lowest BCUT2D eigenvalue weighted by atomic mass is 10.1. The number of hydrogen-bond acceptors (Lipinski definition) is 3. The van der Waals surface area contributed by atoms with Gasteiger partial charge in [0.1, 0.15) is 12.2 Å². The van der Waals surface area contributed by atoms with Gasteiger partial charge in [-0.3, -0.25) is 0 Å². The Bertz CT molecular complexity index is 370. The van der Waals surface area contributed by atoms with Crippen LogP contribution < -0.4 is 0 Å². The first-order valence-electron chi connectivity index (χ1n) is 4.78. The van der Waals surface area contributed by atoms with E-state index in [1.807, 2.05) is 30.3 Å². The van der Waals surface area contributed by atoms with E-state index in [9.17, 15) is 4.79 Å². The minimum atomic E-state index is -0.350. The van der Waals surface area contributed by atoms with Crippen LogP contribution in [0.1, 0.15) is 11.7 Å². The van der Waals surface area contributed by atoms with Gasteiger partial charge in [0.2, 0.25) is 0 Å². The van der Waals surface area contributed by atoms with Crippen LogP contribution in [-0.2, 0) is 14.3 Å². The third kappa shape index (κ3) is 2.44. The number of rotatable bonds is 3. The molecule has 0 saturated carbocycles. The van der Waals surface area contributed by atoms with Crippen molar-refractivity contribution in [3.8, 4) is 0 Å². The Labute approximate surface area is 88.3 Å². The SMILES string of the molecule is COC(=O)C=CC1OC1c1ccccc1. The molecule has 2 rings (SSSR count). The third-order valence-corrected chi connectivity index (χ3v) is 2.28. The predicted octanol–water partition coefficient (Wildman–Crippen LogP) is 1.86. The maximum absolute atomic E-state index is 10.8. The summed E-state index contributed by atoms with van der Waals surface area (Å²) in [6.07, 6.45) is 3.22. The first kappa shape index (κ1) is 9.93. The van der Waals surface area contributed by atoms with Gasteiger partial charge in [0.15, 0.2) is 0 Å². The Balaban J connectivity index is 1.92. The number of carbonyl (C=O) groups excluding carboxylic acids is 1. The minimum Gasteiger partial charge on any atom is -0.466 e. The smallest absolute Gasteiger partial charge is 0.330 e. The van der Waals surface area contributed by atoms with Gasteiger partial charge in [-0.2, -0.15) is 0 Å². The van der Waals surface area contributed by atoms with Gasteiger partial charge in [0.05, 0.1) is 7.11 Å². The third-order valence-electron chi connectivity index (χ3n) is 2.28. The van der Waals surface area contributed by atoms with E-state index < -0.39 is 0 Å². The summed E-state index contributed by atoms with van der Waals surface area (Å²) in [4.78, 5) is 10.8. The van der Waals surface area contributed by atoms with Gasteiger partial charge in [-0.15, -0.1) is 0 Å². The summed E-state index contributed by atoms with van der Waals surface area (Å²) in [6, 6.07) is 9.93. The summed E-state index contributed by atoms with van der Waals surface area (Å²) in [6.45, 7) is 0. The molecule has 0 spiro atoms. The number of epoxide rings is 1. The van der Waals surface area contributed by atoms with E-state index in [0.29, 0.717) is 0 Å². The van der Waals surface area contributed by atoms with E-state index in [1.54, 1.807) is 6.08 Å². The molecule has 0 radical (unpaired) electrons. The largest absolute Gasteiger partial charge is 0.466 e. The summed E-state index contributed by atoms with van der Waals surface area (Å²) in [5.41, 5.74) is 1.14. The van der Waals surface area contributed by atoms with Crippen LogP contribution in [0.3, 0.4) is 0 Å². The minimum absolute atomic E-state index is 0.00602. The van der Waals surface area contributed by atoms with E-state index in [1.165, 1.54) is 13.2 Å². The van der Waals surface area contributed by atoms with Crippen LogP contribution in [-0.4, -0.2) is 19.2 Å². The molecule has 78 valence electrons. The summed E-state index contributed by atoms with van der Waals surface area (Å²) < 4.78 is 9.89. The first-order chi connectivity index (χ1) is 7.31. The van der Waals surface area contributed by atoms with E-state index in [2.05, 4.69) is 4.74 Å². The zero-order valence-electron chi connectivity index (χ0n) is 8.42. The lowest BCUT2D eigenvalue weighted by Crippen LogP contribution is -1.95. The Morgan fingerprint density at radius 2 is 2.13 bits per heavy atom. The van der Waals surface area contributed by atoms with Gasteiger partial charge < -0.3 is 9.47 Å². The molecular formula is C12H12O3. The Morgan fingerprint density at radius 1 is 1.40 bits per heavy atom. The van der Waals surface area contributed by atoms with Crippen molar-refractivity contribution in [1.29, 1.82) is 0 Å². The molecule has 15 heavy (non-hydrogen) atoms. The maximum Gasteiger partial charge on any atom is 0.330 e. The summed E-state index contributed by atoms with van der Waals surface area (Å²) in [5, 5.41) is 0. The lowest BCUT2D eigenvalue weighted by molar-refractivity contribution is -0.134. The second-order valence-corrected chi connectivity index (χ2v) is 3.31. The maximum atomic E-state index is 10.8. The molecule has 3 nitrogen and oxygen atoms in total. The van der Waals surface area contributed by atoms with Crippen LogP contribution in [0.15, 0.2) is 42.5 Å². The fraction of sp³-hybridized carbons (Fsp3) is 0.250. The summed E-state index contributed by atoms with van der Waals surface area (Å²) in [5.74, 6) is -0.350. The van der Waals surface area contributed by atoms with E-state index in [-0.39, 0.29) is 18.2 Å². The number of carbonyl (C=O) groups is 1. The van der Waals surface area contributed by atoms with E-state index >= 15 is 0 Å². The molecule has 1 aliphatic heterocycles. The Hall–Kier alpha value is -1.61. The average Bonchev–Trinajstić information content (AvgIpc) is 3.06. The van der Waals surface area contributed by atoms with Crippen LogP contribution >= 0.6 is 0 Å². The van der Waals surface area contributed by atoms with Gasteiger partial charge in [-0.25, -0.2) is 4.79 Å². The van der Waals surface area contributed by atoms with Crippen molar-refractivity contribution in [2.45, 2.75) is 12.2 Å². The fourth-order valence-corrected chi connectivity index (χ4v) is 1.42. The van der Waals surface area contributed by atoms with Crippen LogP contribution in [0.4, 0.5) is 0 Å². The quantitative estimate of drug-likeness (QED) is 0.428. The molecule has 1 aromatic carbocycles. The number of benzene rings is 1. The van der Waals surface area contributed by atoms with Crippen molar-refractivity contribution < 1.29 is 14.3 Å². The fourth-order valence-electron chi connectivity index (χ4n) is 1.42. The van der Waals surface area contributed by atoms with Crippen LogP contribution in [0.5, 0.6) is 0 Å². The van der Waals surface area contributed by atoms with Crippen molar-refractivity contribution >= 4 is 5.97 Å². The first-order valence-corrected chi connectivity index (χ1v) is 4.78. The number of ether oxygens (including phenoxy) is 2. The number of hydrogen-bond donors (Lipinski definition) is 0. The predicted molar refractivity (Wildman–Crippen MR) is 55.2 cm³/mol. The van der Waals surface area contributed by atoms with Crippen molar-refractivity contribution in [1.82, 2.24) is 0 Å². The lowest BCUT2D eigenvalue weighted by Gasteiger charge is -1.92. The number of methoxy groups -OCH3 is 1. The Kier molecular flexibility index (Phi) is 2.83. The molecule has 1 aliphatic rings. The van der Waals surface area contributed by atoms with Gasteiger partial charge >= 0.3 is 5.97 Å². The zero-order valence-corrected chi connectivity index (χ0v) is 8.42. The summed E-state index contributed by atoms with van der Waals surface area (Å²) in [7, 11) is 1.36. The molecular weight excluding hydrogens is 192 g/mol. The molecule has 0 aliphatic carbocycles. The molecule has 1 saturated heterocycles. The standard InChI is InChI=1S/C12H12O3/c1-14-11(13)8-7-10-12(15-10)9-5-3-2-4-6-9/h2-8,10,12H,1H3. The molecule has 0 N–H and O–H groups in total. The molecule has 1 aromatic rings. The molecule has 3 heteroatoms. The molecule has 1 fully saturated rings. The zero-order chi connectivity index (χ0) is 10.7. The van der Waals surface area contributed by atoms with Crippen molar-refractivity contribution in [3.63, 3.8) is 0 Å². The molecule has 0 aromatic heterocycles. The molecule has 0 amide bonds. The highest BCUT2D eigenvalue weighted by atomic mass is 16.6. The molecule has 2 unspecified atom stereocenters.